The van der Waals surface area contributed by atoms with Crippen LogP contribution in [0.3, 0.4) is 0 Å². The van der Waals surface area contributed by atoms with Crippen LogP contribution in [-0.2, 0) is 18.9 Å². The summed E-state index contributed by atoms with van der Waals surface area (Å²) in [7, 11) is 0. The molecule has 6 unspecified atom stereocenters. The lowest BCUT2D eigenvalue weighted by Gasteiger charge is -2.22. The largest absolute Gasteiger partial charge is 0.381 e. The average molecular weight is 487 g/mol. The first kappa shape index (κ1) is 33.8. The van der Waals surface area contributed by atoms with Gasteiger partial charge in [0.15, 0.2) is 0 Å². The first-order chi connectivity index (χ1) is 16.2. The van der Waals surface area contributed by atoms with E-state index in [1.165, 1.54) is 32.1 Å². The van der Waals surface area contributed by atoms with Crippen molar-refractivity contribution in [3.05, 3.63) is 0 Å². The molecule has 0 amide bonds. The Morgan fingerprint density at radius 1 is 0.441 bits per heavy atom. The fraction of sp³-hybridized carbons (Fsp3) is 1.00. The molecule has 0 aliphatic carbocycles. The lowest BCUT2D eigenvalue weighted by molar-refractivity contribution is -0.00314. The van der Waals surface area contributed by atoms with E-state index in [0.29, 0.717) is 41.4 Å². The summed E-state index contributed by atoms with van der Waals surface area (Å²) in [6, 6.07) is 0. The molecule has 0 aliphatic rings. The summed E-state index contributed by atoms with van der Waals surface area (Å²) in [4.78, 5) is 0. The van der Waals surface area contributed by atoms with Gasteiger partial charge in [-0.05, 0) is 48.9 Å². The molecule has 0 rings (SSSR count). The molecule has 0 aromatic heterocycles. The molecule has 206 valence electrons. The minimum absolute atomic E-state index is 0.429. The number of hydrogen-bond acceptors (Lipinski definition) is 4. The van der Waals surface area contributed by atoms with Crippen LogP contribution in [0.2, 0.25) is 0 Å². The molecule has 4 nitrogen and oxygen atoms in total. The zero-order valence-electron chi connectivity index (χ0n) is 24.6. The van der Waals surface area contributed by atoms with E-state index in [2.05, 4.69) is 62.3 Å². The maximum atomic E-state index is 6.02. The van der Waals surface area contributed by atoms with Crippen LogP contribution < -0.4 is 0 Å². The third-order valence-electron chi connectivity index (χ3n) is 7.19. The fourth-order valence-corrected chi connectivity index (χ4v) is 3.98. The van der Waals surface area contributed by atoms with Gasteiger partial charge >= 0.3 is 0 Å². The second kappa shape index (κ2) is 22.1. The third kappa shape index (κ3) is 19.1. The molecule has 0 radical (unpaired) electrons. The molecule has 0 saturated carbocycles. The van der Waals surface area contributed by atoms with Gasteiger partial charge in [-0.3, -0.25) is 0 Å². The zero-order chi connectivity index (χ0) is 25.8. The van der Waals surface area contributed by atoms with Crippen molar-refractivity contribution >= 4 is 0 Å². The van der Waals surface area contributed by atoms with Crippen LogP contribution in [0.4, 0.5) is 0 Å². The van der Waals surface area contributed by atoms with Gasteiger partial charge in [-0.15, -0.1) is 0 Å². The zero-order valence-corrected chi connectivity index (χ0v) is 24.6. The summed E-state index contributed by atoms with van der Waals surface area (Å²) in [5.74, 6) is 4.20. The molecule has 0 heterocycles. The summed E-state index contributed by atoms with van der Waals surface area (Å²) >= 11 is 0. The van der Waals surface area contributed by atoms with E-state index in [1.807, 2.05) is 0 Å². The molecule has 0 saturated heterocycles. The summed E-state index contributed by atoms with van der Waals surface area (Å²) in [5.41, 5.74) is 0. The maximum Gasteiger partial charge on any atom is 0.0516 e. The Kier molecular flexibility index (Phi) is 22.0. The quantitative estimate of drug-likeness (QED) is 0.139. The van der Waals surface area contributed by atoms with Gasteiger partial charge in [0.05, 0.1) is 26.4 Å². The van der Waals surface area contributed by atoms with Crippen LogP contribution in [-0.4, -0.2) is 52.9 Å². The van der Waals surface area contributed by atoms with Crippen LogP contribution in [0.1, 0.15) is 101 Å². The van der Waals surface area contributed by atoms with E-state index < -0.39 is 0 Å². The molecule has 0 bridgehead atoms. The topological polar surface area (TPSA) is 36.9 Å². The fourth-order valence-electron chi connectivity index (χ4n) is 3.98. The highest BCUT2D eigenvalue weighted by Crippen LogP contribution is 2.17. The molecule has 34 heavy (non-hydrogen) atoms. The number of rotatable bonds is 24. The maximum absolute atomic E-state index is 6.02. The first-order valence-electron chi connectivity index (χ1n) is 14.5. The minimum Gasteiger partial charge on any atom is -0.381 e. The van der Waals surface area contributed by atoms with Crippen molar-refractivity contribution in [2.45, 2.75) is 101 Å². The predicted molar refractivity (Wildman–Crippen MR) is 146 cm³/mol. The van der Waals surface area contributed by atoms with E-state index in [1.54, 1.807) is 0 Å². The SMILES string of the molecule is CCC(C)COCC(C)CCCC(C)COCC(C)COCC(CC)COCC(CC)C(C)C. The highest BCUT2D eigenvalue weighted by atomic mass is 16.5. The molecule has 4 heteroatoms. The van der Waals surface area contributed by atoms with Gasteiger partial charge in [0.2, 0.25) is 0 Å². The van der Waals surface area contributed by atoms with E-state index in [9.17, 15) is 0 Å². The Morgan fingerprint density at radius 2 is 0.882 bits per heavy atom. The minimum atomic E-state index is 0.429. The summed E-state index contributed by atoms with van der Waals surface area (Å²) in [5, 5.41) is 0. The molecule has 0 aromatic rings. The summed E-state index contributed by atoms with van der Waals surface area (Å²) < 4.78 is 23.9. The Hall–Kier alpha value is -0.160. The predicted octanol–water partition coefficient (Wildman–Crippen LogP) is 7.89. The smallest absolute Gasteiger partial charge is 0.0516 e. The van der Waals surface area contributed by atoms with Crippen molar-refractivity contribution in [2.75, 3.05) is 52.9 Å². The van der Waals surface area contributed by atoms with Gasteiger partial charge in [-0.25, -0.2) is 0 Å². The number of hydrogen-bond donors (Lipinski definition) is 0. The van der Waals surface area contributed by atoms with Crippen molar-refractivity contribution in [1.82, 2.24) is 0 Å². The second-order valence-electron chi connectivity index (χ2n) is 11.6. The molecule has 6 atom stereocenters. The Morgan fingerprint density at radius 3 is 1.32 bits per heavy atom. The normalized spacial score (nSPS) is 17.5. The molecule has 0 spiro atoms. The van der Waals surface area contributed by atoms with Gasteiger partial charge in [0.1, 0.15) is 0 Å². The van der Waals surface area contributed by atoms with Gasteiger partial charge in [0, 0.05) is 38.3 Å². The Labute approximate surface area is 214 Å². The van der Waals surface area contributed by atoms with Crippen LogP contribution in [0.5, 0.6) is 0 Å². The van der Waals surface area contributed by atoms with Crippen LogP contribution in [0, 0.1) is 41.4 Å². The molecular formula is C30H62O4. The van der Waals surface area contributed by atoms with Crippen LogP contribution in [0.15, 0.2) is 0 Å². The second-order valence-corrected chi connectivity index (χ2v) is 11.6. The monoisotopic (exact) mass is 486 g/mol. The van der Waals surface area contributed by atoms with Gasteiger partial charge in [-0.2, -0.15) is 0 Å². The van der Waals surface area contributed by atoms with E-state index in [-0.39, 0.29) is 0 Å². The van der Waals surface area contributed by atoms with Gasteiger partial charge < -0.3 is 18.9 Å². The summed E-state index contributed by atoms with van der Waals surface area (Å²) in [6.45, 7) is 27.0. The third-order valence-corrected chi connectivity index (χ3v) is 7.19. The van der Waals surface area contributed by atoms with Crippen molar-refractivity contribution in [1.29, 1.82) is 0 Å². The van der Waals surface area contributed by atoms with Crippen molar-refractivity contribution in [3.63, 3.8) is 0 Å². The highest BCUT2D eigenvalue weighted by Gasteiger charge is 2.14. The standard InChI is InChI=1S/C30H62O4/c1-10-25(6)16-31-17-26(7)14-13-15-27(8)18-32-19-28(9)20-33-21-29(11-2)22-34-23-30(12-3)24(4)5/h24-30H,10-23H2,1-9H3. The van der Waals surface area contributed by atoms with Gasteiger partial charge in [0.25, 0.3) is 0 Å². The Bertz CT molecular complexity index is 428. The first-order valence-corrected chi connectivity index (χ1v) is 14.5. The van der Waals surface area contributed by atoms with E-state index in [0.717, 1.165) is 59.3 Å². The lowest BCUT2D eigenvalue weighted by atomic mass is 9.94. The van der Waals surface area contributed by atoms with Crippen molar-refractivity contribution in [3.8, 4) is 0 Å². The summed E-state index contributed by atoms with van der Waals surface area (Å²) in [6.07, 6.45) is 7.22. The molecule has 0 N–H and O–H groups in total. The average Bonchev–Trinajstić information content (AvgIpc) is 2.80. The molecular weight excluding hydrogens is 424 g/mol. The van der Waals surface area contributed by atoms with E-state index in [4.69, 9.17) is 18.9 Å². The van der Waals surface area contributed by atoms with Crippen molar-refractivity contribution in [2.24, 2.45) is 41.4 Å². The Balaban J connectivity index is 3.78. The number of ether oxygens (including phenoxy) is 4. The van der Waals surface area contributed by atoms with Gasteiger partial charge in [-0.1, -0.05) is 81.6 Å². The van der Waals surface area contributed by atoms with E-state index >= 15 is 0 Å². The highest BCUT2D eigenvalue weighted by molar-refractivity contribution is 4.62. The van der Waals surface area contributed by atoms with Crippen molar-refractivity contribution < 1.29 is 18.9 Å². The molecule has 0 aromatic carbocycles. The lowest BCUT2D eigenvalue weighted by Crippen LogP contribution is -2.22. The molecule has 0 fully saturated rings. The van der Waals surface area contributed by atoms with Crippen LogP contribution in [0.25, 0.3) is 0 Å². The van der Waals surface area contributed by atoms with Crippen LogP contribution >= 0.6 is 0 Å². The molecule has 0 aliphatic heterocycles.